The number of amides is 2. The molecule has 144 valence electrons. The van der Waals surface area contributed by atoms with Gasteiger partial charge in [-0.25, -0.2) is 4.79 Å². The van der Waals surface area contributed by atoms with Gasteiger partial charge in [0, 0.05) is 26.2 Å². The van der Waals surface area contributed by atoms with E-state index in [2.05, 4.69) is 10.2 Å². The molecule has 1 heterocycles. The lowest BCUT2D eigenvalue weighted by Crippen LogP contribution is -2.52. The third-order valence-electron chi connectivity index (χ3n) is 5.00. The van der Waals surface area contributed by atoms with E-state index in [1.165, 1.54) is 5.56 Å². The fourth-order valence-electron chi connectivity index (χ4n) is 3.21. The molecule has 0 radical (unpaired) electrons. The summed E-state index contributed by atoms with van der Waals surface area (Å²) in [6.07, 6.45) is 0. The molecule has 6 nitrogen and oxygen atoms in total. The van der Waals surface area contributed by atoms with E-state index in [1.54, 1.807) is 7.11 Å². The number of nitrogens with one attached hydrogen (secondary N) is 1. The lowest BCUT2D eigenvalue weighted by atomic mass is 10.1. The minimum absolute atomic E-state index is 0.0972. The lowest BCUT2D eigenvalue weighted by molar-refractivity contribution is 0.181. The number of piperazine rings is 1. The van der Waals surface area contributed by atoms with E-state index in [0.717, 1.165) is 35.8 Å². The smallest absolute Gasteiger partial charge is 0.320 e. The van der Waals surface area contributed by atoms with Crippen LogP contribution in [0.1, 0.15) is 11.1 Å². The van der Waals surface area contributed by atoms with Gasteiger partial charge in [0.25, 0.3) is 0 Å². The first kappa shape index (κ1) is 18.9. The van der Waals surface area contributed by atoms with Crippen LogP contribution in [-0.2, 0) is 0 Å². The van der Waals surface area contributed by atoms with Crippen molar-refractivity contribution in [2.45, 2.75) is 13.8 Å². The molecule has 2 aromatic rings. The van der Waals surface area contributed by atoms with E-state index in [0.29, 0.717) is 13.1 Å². The molecular formula is C21H27N3O3. The molecule has 6 heteroatoms. The number of carbonyl (C=O) groups is 1. The van der Waals surface area contributed by atoms with Crippen LogP contribution >= 0.6 is 0 Å². The molecule has 0 spiro atoms. The number of hydrogen-bond donors (Lipinski definition) is 1. The van der Waals surface area contributed by atoms with Crippen molar-refractivity contribution in [3.8, 4) is 11.5 Å². The topological polar surface area (TPSA) is 54.0 Å². The van der Waals surface area contributed by atoms with Crippen molar-refractivity contribution in [3.63, 3.8) is 0 Å². The van der Waals surface area contributed by atoms with Gasteiger partial charge in [-0.3, -0.25) is 0 Å². The van der Waals surface area contributed by atoms with Crippen LogP contribution < -0.4 is 19.7 Å². The van der Waals surface area contributed by atoms with Crippen LogP contribution in [-0.4, -0.2) is 51.0 Å². The third-order valence-corrected chi connectivity index (χ3v) is 5.00. The molecular weight excluding hydrogens is 342 g/mol. The van der Waals surface area contributed by atoms with Crippen molar-refractivity contribution in [1.29, 1.82) is 0 Å². The zero-order chi connectivity index (χ0) is 19.2. The van der Waals surface area contributed by atoms with Gasteiger partial charge in [-0.15, -0.1) is 0 Å². The largest absolute Gasteiger partial charge is 0.495 e. The van der Waals surface area contributed by atoms with Gasteiger partial charge in [-0.1, -0.05) is 24.3 Å². The Morgan fingerprint density at radius 2 is 1.70 bits per heavy atom. The molecule has 0 aliphatic carbocycles. The van der Waals surface area contributed by atoms with Crippen molar-refractivity contribution >= 4 is 11.7 Å². The number of ether oxygens (including phenoxy) is 2. The Morgan fingerprint density at radius 1 is 1.00 bits per heavy atom. The second-order valence-corrected chi connectivity index (χ2v) is 6.61. The van der Waals surface area contributed by atoms with Crippen molar-refractivity contribution in [1.82, 2.24) is 10.2 Å². The van der Waals surface area contributed by atoms with Gasteiger partial charge >= 0.3 is 6.03 Å². The average Bonchev–Trinajstić information content (AvgIpc) is 2.71. The van der Waals surface area contributed by atoms with Gasteiger partial charge in [0.05, 0.1) is 12.8 Å². The predicted octanol–water partition coefficient (Wildman–Crippen LogP) is 3.18. The number of methoxy groups -OCH3 is 1. The van der Waals surface area contributed by atoms with E-state index in [1.807, 2.05) is 61.2 Å². The first-order valence-corrected chi connectivity index (χ1v) is 9.20. The number of nitrogens with zero attached hydrogens (tertiary/aromatic N) is 2. The summed E-state index contributed by atoms with van der Waals surface area (Å²) in [5, 5.41) is 2.85. The van der Waals surface area contributed by atoms with E-state index >= 15 is 0 Å². The Labute approximate surface area is 160 Å². The summed E-state index contributed by atoms with van der Waals surface area (Å²) in [4.78, 5) is 16.5. The molecule has 2 aromatic carbocycles. The van der Waals surface area contributed by atoms with Crippen LogP contribution in [0.4, 0.5) is 10.5 Å². The number of aryl methyl sites for hydroxylation is 1. The fourth-order valence-corrected chi connectivity index (χ4v) is 3.21. The number of rotatable bonds is 5. The summed E-state index contributed by atoms with van der Waals surface area (Å²) in [6.45, 7) is 7.08. The monoisotopic (exact) mass is 369 g/mol. The Hall–Kier alpha value is -2.89. The molecule has 2 amide bonds. The maximum Gasteiger partial charge on any atom is 0.320 e. The van der Waals surface area contributed by atoms with Gasteiger partial charge in [-0.05, 0) is 43.2 Å². The molecule has 3 rings (SSSR count). The standard InChI is InChI=1S/C21H27N3O3/c1-16-7-6-10-19(17(16)2)27-15-22-21(25)24-13-11-23(12-14-24)18-8-4-5-9-20(18)26-3/h4-10H,11-15H2,1-3H3,(H,22,25). The van der Waals surface area contributed by atoms with Crippen LogP contribution in [0.2, 0.25) is 0 Å². The Bertz CT molecular complexity index is 786. The molecule has 0 aromatic heterocycles. The van der Waals surface area contributed by atoms with Crippen molar-refractivity contribution in [2.75, 3.05) is 44.9 Å². The predicted molar refractivity (Wildman–Crippen MR) is 107 cm³/mol. The molecule has 1 fully saturated rings. The Kier molecular flexibility index (Phi) is 6.06. The number of benzene rings is 2. The van der Waals surface area contributed by atoms with Gasteiger partial charge in [-0.2, -0.15) is 0 Å². The number of para-hydroxylation sites is 2. The van der Waals surface area contributed by atoms with Crippen LogP contribution in [0.25, 0.3) is 0 Å². The minimum atomic E-state index is -0.0972. The maximum absolute atomic E-state index is 12.4. The zero-order valence-corrected chi connectivity index (χ0v) is 16.2. The number of anilines is 1. The highest BCUT2D eigenvalue weighted by Gasteiger charge is 2.22. The molecule has 1 saturated heterocycles. The van der Waals surface area contributed by atoms with Crippen LogP contribution in [0.5, 0.6) is 11.5 Å². The number of carbonyl (C=O) groups excluding carboxylic acids is 1. The van der Waals surface area contributed by atoms with Crippen LogP contribution in [0.15, 0.2) is 42.5 Å². The van der Waals surface area contributed by atoms with Gasteiger partial charge in [0.1, 0.15) is 11.5 Å². The molecule has 1 aliphatic heterocycles. The Morgan fingerprint density at radius 3 is 2.44 bits per heavy atom. The molecule has 0 saturated carbocycles. The van der Waals surface area contributed by atoms with Crippen molar-refractivity contribution < 1.29 is 14.3 Å². The second kappa shape index (κ2) is 8.66. The summed E-state index contributed by atoms with van der Waals surface area (Å²) in [5.74, 6) is 1.66. The van der Waals surface area contributed by atoms with E-state index < -0.39 is 0 Å². The lowest BCUT2D eigenvalue weighted by Gasteiger charge is -2.36. The summed E-state index contributed by atoms with van der Waals surface area (Å²) in [5.41, 5.74) is 3.33. The summed E-state index contributed by atoms with van der Waals surface area (Å²) in [7, 11) is 1.68. The highest BCUT2D eigenvalue weighted by atomic mass is 16.5. The van der Waals surface area contributed by atoms with Gasteiger partial charge in [0.15, 0.2) is 6.73 Å². The first-order valence-electron chi connectivity index (χ1n) is 9.20. The average molecular weight is 369 g/mol. The normalized spacial score (nSPS) is 14.0. The quantitative estimate of drug-likeness (QED) is 0.823. The molecule has 27 heavy (non-hydrogen) atoms. The van der Waals surface area contributed by atoms with E-state index in [-0.39, 0.29) is 12.8 Å². The maximum atomic E-state index is 12.4. The molecule has 0 unspecified atom stereocenters. The summed E-state index contributed by atoms with van der Waals surface area (Å²) < 4.78 is 11.1. The minimum Gasteiger partial charge on any atom is -0.495 e. The zero-order valence-electron chi connectivity index (χ0n) is 16.2. The highest BCUT2D eigenvalue weighted by molar-refractivity contribution is 5.74. The first-order chi connectivity index (χ1) is 13.1. The SMILES string of the molecule is COc1ccccc1N1CCN(C(=O)NCOc2cccc(C)c2C)CC1. The van der Waals surface area contributed by atoms with Crippen molar-refractivity contribution in [3.05, 3.63) is 53.6 Å². The summed E-state index contributed by atoms with van der Waals surface area (Å²) >= 11 is 0. The molecule has 0 bridgehead atoms. The molecule has 1 N–H and O–H groups in total. The van der Waals surface area contributed by atoms with E-state index in [4.69, 9.17) is 9.47 Å². The van der Waals surface area contributed by atoms with E-state index in [9.17, 15) is 4.79 Å². The van der Waals surface area contributed by atoms with Crippen LogP contribution in [0, 0.1) is 13.8 Å². The van der Waals surface area contributed by atoms with Gasteiger partial charge < -0.3 is 24.6 Å². The van der Waals surface area contributed by atoms with Gasteiger partial charge in [0.2, 0.25) is 0 Å². The Balaban J connectivity index is 1.48. The number of urea groups is 1. The van der Waals surface area contributed by atoms with Crippen molar-refractivity contribution in [2.24, 2.45) is 0 Å². The summed E-state index contributed by atoms with van der Waals surface area (Å²) in [6, 6.07) is 13.8. The number of hydrogen-bond acceptors (Lipinski definition) is 4. The molecule has 1 aliphatic rings. The van der Waals surface area contributed by atoms with Crippen LogP contribution in [0.3, 0.4) is 0 Å². The molecule has 0 atom stereocenters. The second-order valence-electron chi connectivity index (χ2n) is 6.61. The third kappa shape index (κ3) is 4.45. The highest BCUT2D eigenvalue weighted by Crippen LogP contribution is 2.28. The fraction of sp³-hybridized carbons (Fsp3) is 0.381.